The van der Waals surface area contributed by atoms with Crippen molar-refractivity contribution in [2.24, 2.45) is 10.2 Å². The van der Waals surface area contributed by atoms with E-state index in [1.165, 1.54) is 21.1 Å². The number of amides is 1. The van der Waals surface area contributed by atoms with E-state index in [1.54, 1.807) is 31.2 Å². The molecule has 9 nitrogen and oxygen atoms in total. The van der Waals surface area contributed by atoms with Gasteiger partial charge in [-0.25, -0.2) is 0 Å². The minimum atomic E-state index is -1.44. The number of benzene rings is 2. The molecule has 178 valence electrons. The number of ketones is 1. The Balaban J connectivity index is 2.33. The number of azo groups is 1. The average Bonchev–Trinajstić information content (AvgIpc) is 2.78. The zero-order chi connectivity index (χ0) is 24.5. The van der Waals surface area contributed by atoms with Gasteiger partial charge in [-0.05, 0) is 45.0 Å². The summed E-state index contributed by atoms with van der Waals surface area (Å²) >= 11 is 12.6. The number of anilines is 1. The van der Waals surface area contributed by atoms with Crippen LogP contribution in [-0.4, -0.2) is 45.2 Å². The van der Waals surface area contributed by atoms with E-state index >= 15 is 0 Å². The molecule has 0 aromatic heterocycles. The number of nitrogens with zero attached hydrogens (tertiary/aromatic N) is 2. The Labute approximate surface area is 202 Å². The molecule has 0 aliphatic carbocycles. The van der Waals surface area contributed by atoms with E-state index in [0.29, 0.717) is 24.7 Å². The molecule has 0 saturated heterocycles. The molecule has 0 aliphatic heterocycles. The third-order valence-corrected chi connectivity index (χ3v) is 5.02. The standard InChI is InChI=1S/C22H25Cl2N3O6/c1-6-32-16-11-8-13(17(23)21(16)33-7-2)25-22(29)19(12(3)28)27-26-14-9-10-15(30-4)18(24)20(14)31-5/h8-11,19H,6-7H2,1-5H3,(H,25,29). The molecule has 2 aromatic rings. The molecule has 2 rings (SSSR count). The Kier molecular flexibility index (Phi) is 9.74. The molecule has 0 heterocycles. The fourth-order valence-corrected chi connectivity index (χ4v) is 3.35. The maximum absolute atomic E-state index is 12.8. The summed E-state index contributed by atoms with van der Waals surface area (Å²) in [6.45, 7) is 5.60. The van der Waals surface area contributed by atoms with Crippen molar-refractivity contribution < 1.29 is 28.5 Å². The van der Waals surface area contributed by atoms with Crippen LogP contribution in [-0.2, 0) is 9.59 Å². The number of carbonyl (C=O) groups is 2. The maximum Gasteiger partial charge on any atom is 0.258 e. The van der Waals surface area contributed by atoms with E-state index in [9.17, 15) is 9.59 Å². The highest BCUT2D eigenvalue weighted by atomic mass is 35.5. The number of halogens is 2. The first-order valence-corrected chi connectivity index (χ1v) is 10.7. The average molecular weight is 498 g/mol. The van der Waals surface area contributed by atoms with Gasteiger partial charge in [-0.1, -0.05) is 23.2 Å². The first-order valence-electron chi connectivity index (χ1n) is 9.99. The van der Waals surface area contributed by atoms with Gasteiger partial charge in [0.05, 0.1) is 33.1 Å². The fourth-order valence-electron chi connectivity index (χ4n) is 2.78. The number of Topliss-reactive ketones (excluding diaryl/α,β-unsaturated/α-hetero) is 1. The van der Waals surface area contributed by atoms with Crippen molar-refractivity contribution in [3.05, 3.63) is 34.3 Å². The minimum Gasteiger partial charge on any atom is -0.495 e. The highest BCUT2D eigenvalue weighted by molar-refractivity contribution is 6.35. The molecule has 0 fully saturated rings. The number of carbonyl (C=O) groups excluding carboxylic acids is 2. The van der Waals surface area contributed by atoms with Crippen molar-refractivity contribution >= 4 is 46.3 Å². The molecule has 0 radical (unpaired) electrons. The van der Waals surface area contributed by atoms with Crippen LogP contribution >= 0.6 is 23.2 Å². The number of ether oxygens (including phenoxy) is 4. The number of hydrogen-bond acceptors (Lipinski definition) is 8. The normalized spacial score (nSPS) is 11.7. The first kappa shape index (κ1) is 26.2. The molecule has 1 unspecified atom stereocenters. The second-order valence-corrected chi connectivity index (χ2v) is 7.23. The van der Waals surface area contributed by atoms with Crippen molar-refractivity contribution in [3.8, 4) is 23.0 Å². The summed E-state index contributed by atoms with van der Waals surface area (Å²) in [5, 5.41) is 10.8. The molecule has 0 bridgehead atoms. The molecule has 1 N–H and O–H groups in total. The van der Waals surface area contributed by atoms with Gasteiger partial charge in [0, 0.05) is 0 Å². The van der Waals surface area contributed by atoms with Crippen LogP contribution in [0.2, 0.25) is 10.0 Å². The van der Waals surface area contributed by atoms with Crippen LogP contribution in [0.5, 0.6) is 23.0 Å². The van der Waals surface area contributed by atoms with E-state index < -0.39 is 17.7 Å². The largest absolute Gasteiger partial charge is 0.495 e. The quantitative estimate of drug-likeness (QED) is 0.324. The number of rotatable bonds is 11. The van der Waals surface area contributed by atoms with Crippen LogP contribution in [0.3, 0.4) is 0 Å². The summed E-state index contributed by atoms with van der Waals surface area (Å²) in [6, 6.07) is 4.84. The van der Waals surface area contributed by atoms with E-state index in [0.717, 1.165) is 0 Å². The third-order valence-electron chi connectivity index (χ3n) is 4.29. The first-order chi connectivity index (χ1) is 15.8. The predicted molar refractivity (Wildman–Crippen MR) is 126 cm³/mol. The van der Waals surface area contributed by atoms with E-state index in [1.807, 2.05) is 6.92 Å². The number of hydrogen-bond donors (Lipinski definition) is 1. The maximum atomic E-state index is 12.8. The summed E-state index contributed by atoms with van der Waals surface area (Å²) in [5.74, 6) is 0.0493. The fraction of sp³-hybridized carbons (Fsp3) is 0.364. The van der Waals surface area contributed by atoms with Crippen molar-refractivity contribution in [1.29, 1.82) is 0 Å². The molecular formula is C22H25Cl2N3O6. The zero-order valence-corrected chi connectivity index (χ0v) is 20.4. The number of methoxy groups -OCH3 is 2. The van der Waals surface area contributed by atoms with Crippen molar-refractivity contribution in [2.75, 3.05) is 32.8 Å². The van der Waals surface area contributed by atoms with E-state index in [4.69, 9.17) is 42.1 Å². The van der Waals surface area contributed by atoms with E-state index in [2.05, 4.69) is 15.5 Å². The van der Waals surface area contributed by atoms with Crippen LogP contribution in [0.4, 0.5) is 11.4 Å². The topological polar surface area (TPSA) is 108 Å². The Morgan fingerprint density at radius 2 is 1.61 bits per heavy atom. The van der Waals surface area contributed by atoms with Crippen LogP contribution < -0.4 is 24.3 Å². The third kappa shape index (κ3) is 6.27. The Hall–Kier alpha value is -3.04. The summed E-state index contributed by atoms with van der Waals surface area (Å²) in [5.41, 5.74) is 0.458. The van der Waals surface area contributed by atoms with E-state index in [-0.39, 0.29) is 32.9 Å². The highest BCUT2D eigenvalue weighted by Gasteiger charge is 2.25. The van der Waals surface area contributed by atoms with Crippen LogP contribution in [0, 0.1) is 0 Å². The van der Waals surface area contributed by atoms with Gasteiger partial charge in [0.25, 0.3) is 5.91 Å². The van der Waals surface area contributed by atoms with Gasteiger partial charge < -0.3 is 24.3 Å². The zero-order valence-electron chi connectivity index (χ0n) is 18.9. The number of nitrogens with one attached hydrogen (secondary N) is 1. The minimum absolute atomic E-state index is 0.138. The predicted octanol–water partition coefficient (Wildman–Crippen LogP) is 5.49. The molecular weight excluding hydrogens is 473 g/mol. The summed E-state index contributed by atoms with van der Waals surface area (Å²) in [4.78, 5) is 25.0. The lowest BCUT2D eigenvalue weighted by Crippen LogP contribution is -2.32. The molecule has 1 atom stereocenters. The van der Waals surface area contributed by atoms with Gasteiger partial charge in [0.1, 0.15) is 21.5 Å². The second kappa shape index (κ2) is 12.3. The Morgan fingerprint density at radius 3 is 2.18 bits per heavy atom. The summed E-state index contributed by atoms with van der Waals surface area (Å²) < 4.78 is 21.5. The van der Waals surface area contributed by atoms with Crippen LogP contribution in [0.15, 0.2) is 34.5 Å². The molecule has 11 heteroatoms. The smallest absolute Gasteiger partial charge is 0.258 e. The van der Waals surface area contributed by atoms with Crippen molar-refractivity contribution in [3.63, 3.8) is 0 Å². The lowest BCUT2D eigenvalue weighted by molar-refractivity contribution is -0.126. The van der Waals surface area contributed by atoms with Gasteiger partial charge in [-0.3, -0.25) is 9.59 Å². The lowest BCUT2D eigenvalue weighted by atomic mass is 10.2. The van der Waals surface area contributed by atoms with Gasteiger partial charge in [-0.2, -0.15) is 10.2 Å². The summed E-state index contributed by atoms with van der Waals surface area (Å²) in [7, 11) is 2.86. The van der Waals surface area contributed by atoms with Crippen LogP contribution in [0.1, 0.15) is 20.8 Å². The van der Waals surface area contributed by atoms with Crippen LogP contribution in [0.25, 0.3) is 0 Å². The molecule has 0 spiro atoms. The van der Waals surface area contributed by atoms with Crippen molar-refractivity contribution in [1.82, 2.24) is 0 Å². The molecule has 0 aliphatic rings. The molecule has 1 amide bonds. The lowest BCUT2D eigenvalue weighted by Gasteiger charge is -2.16. The Morgan fingerprint density at radius 1 is 0.939 bits per heavy atom. The van der Waals surface area contributed by atoms with Gasteiger partial charge in [-0.15, -0.1) is 0 Å². The van der Waals surface area contributed by atoms with Gasteiger partial charge in [0.2, 0.25) is 6.04 Å². The van der Waals surface area contributed by atoms with Gasteiger partial charge in [0.15, 0.2) is 23.0 Å². The Bertz CT molecular complexity index is 1050. The van der Waals surface area contributed by atoms with Gasteiger partial charge >= 0.3 is 0 Å². The molecule has 0 saturated carbocycles. The monoisotopic (exact) mass is 497 g/mol. The SMILES string of the molecule is CCOc1ccc(NC(=O)C(N=Nc2ccc(OC)c(Cl)c2OC)C(C)=O)c(Cl)c1OCC. The summed E-state index contributed by atoms with van der Waals surface area (Å²) in [6.07, 6.45) is 0. The molecule has 2 aromatic carbocycles. The molecule has 33 heavy (non-hydrogen) atoms. The van der Waals surface area contributed by atoms with Crippen molar-refractivity contribution in [2.45, 2.75) is 26.8 Å². The highest BCUT2D eigenvalue weighted by Crippen LogP contribution is 2.42. The second-order valence-electron chi connectivity index (χ2n) is 6.47.